The highest BCUT2D eigenvalue weighted by Gasteiger charge is 2.39. The quantitative estimate of drug-likeness (QED) is 0.880. The van der Waals surface area contributed by atoms with Crippen molar-refractivity contribution < 1.29 is 17.7 Å². The van der Waals surface area contributed by atoms with Gasteiger partial charge in [0.25, 0.3) is 0 Å². The zero-order valence-electron chi connectivity index (χ0n) is 14.2. The van der Waals surface area contributed by atoms with Gasteiger partial charge >= 0.3 is 0 Å². The number of amides is 1. The maximum Gasteiger partial charge on any atom is 0.244 e. The zero-order valence-corrected chi connectivity index (χ0v) is 15.0. The molecule has 7 nitrogen and oxygen atoms in total. The average Bonchev–Trinajstić information content (AvgIpc) is 3.24. The predicted molar refractivity (Wildman–Crippen MR) is 92.6 cm³/mol. The number of aryl methyl sites for hydroxylation is 2. The first-order chi connectivity index (χ1) is 11.9. The fourth-order valence-electron chi connectivity index (χ4n) is 2.96. The smallest absolute Gasteiger partial charge is 0.244 e. The number of nitrogens with one attached hydrogen (secondary N) is 1. The van der Waals surface area contributed by atoms with Crippen LogP contribution in [0.4, 0.5) is 5.82 Å². The molecular formula is C17H21N3O4S. The molecule has 0 radical (unpaired) electrons. The molecule has 3 rings (SSSR count). The van der Waals surface area contributed by atoms with Gasteiger partial charge in [0.15, 0.2) is 5.82 Å². The number of rotatable bonds is 5. The Morgan fingerprint density at radius 1 is 1.36 bits per heavy atom. The third-order valence-corrected chi connectivity index (χ3v) is 6.25. The molecule has 1 aliphatic heterocycles. The molecule has 2 heterocycles. The number of benzene rings is 1. The summed E-state index contributed by atoms with van der Waals surface area (Å²) in [6, 6.07) is 7.65. The van der Waals surface area contributed by atoms with Crippen LogP contribution in [0.2, 0.25) is 0 Å². The van der Waals surface area contributed by atoms with Crippen LogP contribution in [0.3, 0.4) is 0 Å². The van der Waals surface area contributed by atoms with E-state index in [-0.39, 0.29) is 10.8 Å². The lowest BCUT2D eigenvalue weighted by Gasteiger charge is -2.23. The second-order valence-electron chi connectivity index (χ2n) is 6.08. The fourth-order valence-corrected chi connectivity index (χ4v) is 4.61. The summed E-state index contributed by atoms with van der Waals surface area (Å²) in [4.78, 5) is 12.7. The van der Waals surface area contributed by atoms with E-state index in [0.717, 1.165) is 12.0 Å². The van der Waals surface area contributed by atoms with Crippen LogP contribution in [-0.2, 0) is 21.2 Å². The van der Waals surface area contributed by atoms with Crippen molar-refractivity contribution in [2.24, 2.45) is 0 Å². The van der Waals surface area contributed by atoms with E-state index in [1.54, 1.807) is 37.3 Å². The van der Waals surface area contributed by atoms with E-state index in [4.69, 9.17) is 4.52 Å². The number of hydrogen-bond donors (Lipinski definition) is 1. The highest BCUT2D eigenvalue weighted by Crippen LogP contribution is 2.27. The number of aromatic nitrogens is 1. The van der Waals surface area contributed by atoms with Crippen LogP contribution in [0.25, 0.3) is 0 Å². The average molecular weight is 363 g/mol. The van der Waals surface area contributed by atoms with Gasteiger partial charge in [-0.1, -0.05) is 24.2 Å². The van der Waals surface area contributed by atoms with Gasteiger partial charge in [0, 0.05) is 12.6 Å². The Bertz CT molecular complexity index is 858. The molecule has 0 unspecified atom stereocenters. The Morgan fingerprint density at radius 3 is 2.68 bits per heavy atom. The maximum atomic E-state index is 12.9. The molecule has 1 amide bonds. The number of carbonyl (C=O) groups excluding carboxylic acids is 1. The fraction of sp³-hybridized carbons (Fsp3) is 0.412. The lowest BCUT2D eigenvalue weighted by Crippen LogP contribution is -2.43. The molecule has 134 valence electrons. The Balaban J connectivity index is 1.80. The van der Waals surface area contributed by atoms with Crippen molar-refractivity contribution in [2.75, 3.05) is 11.9 Å². The van der Waals surface area contributed by atoms with Crippen LogP contribution in [0.15, 0.2) is 39.8 Å². The van der Waals surface area contributed by atoms with Crippen molar-refractivity contribution in [1.82, 2.24) is 9.46 Å². The van der Waals surface area contributed by atoms with Crippen molar-refractivity contribution in [1.29, 1.82) is 0 Å². The Kier molecular flexibility index (Phi) is 4.91. The van der Waals surface area contributed by atoms with Gasteiger partial charge in [0.2, 0.25) is 15.9 Å². The molecule has 1 aliphatic rings. The first kappa shape index (κ1) is 17.6. The first-order valence-corrected chi connectivity index (χ1v) is 9.71. The molecule has 0 spiro atoms. The van der Waals surface area contributed by atoms with E-state index in [9.17, 15) is 13.2 Å². The number of carbonyl (C=O) groups is 1. The number of sulfonamides is 1. The summed E-state index contributed by atoms with van der Waals surface area (Å²) in [6.07, 6.45) is 1.96. The third kappa shape index (κ3) is 3.59. The van der Waals surface area contributed by atoms with Crippen LogP contribution in [0.5, 0.6) is 0 Å². The van der Waals surface area contributed by atoms with Crippen LogP contribution < -0.4 is 5.32 Å². The minimum atomic E-state index is -3.72. The monoisotopic (exact) mass is 363 g/mol. The zero-order chi connectivity index (χ0) is 18.0. The second-order valence-corrected chi connectivity index (χ2v) is 7.97. The molecule has 1 aromatic carbocycles. The number of nitrogens with zero attached hydrogens (tertiary/aromatic N) is 2. The summed E-state index contributed by atoms with van der Waals surface area (Å²) in [7, 11) is -3.72. The lowest BCUT2D eigenvalue weighted by molar-refractivity contribution is -0.119. The van der Waals surface area contributed by atoms with E-state index < -0.39 is 16.1 Å². The van der Waals surface area contributed by atoms with Gasteiger partial charge in [-0.3, -0.25) is 4.79 Å². The summed E-state index contributed by atoms with van der Waals surface area (Å²) >= 11 is 0. The van der Waals surface area contributed by atoms with E-state index in [1.165, 1.54) is 4.31 Å². The highest BCUT2D eigenvalue weighted by atomic mass is 32.2. The van der Waals surface area contributed by atoms with Gasteiger partial charge in [-0.2, -0.15) is 4.31 Å². The van der Waals surface area contributed by atoms with Gasteiger partial charge in [0.05, 0.1) is 4.90 Å². The van der Waals surface area contributed by atoms with E-state index >= 15 is 0 Å². The predicted octanol–water partition coefficient (Wildman–Crippen LogP) is 2.34. The molecular weight excluding hydrogens is 342 g/mol. The van der Waals surface area contributed by atoms with Gasteiger partial charge in [-0.15, -0.1) is 0 Å². The van der Waals surface area contributed by atoms with Crippen molar-refractivity contribution in [3.05, 3.63) is 41.7 Å². The number of hydrogen-bond acceptors (Lipinski definition) is 5. The summed E-state index contributed by atoms with van der Waals surface area (Å²) in [5.74, 6) is 0.473. The third-order valence-electron chi connectivity index (χ3n) is 4.32. The van der Waals surface area contributed by atoms with Gasteiger partial charge in [-0.25, -0.2) is 8.42 Å². The molecule has 1 N–H and O–H groups in total. The molecule has 0 bridgehead atoms. The largest absolute Gasteiger partial charge is 0.360 e. The Morgan fingerprint density at radius 2 is 2.08 bits per heavy atom. The normalized spacial score (nSPS) is 18.4. The minimum Gasteiger partial charge on any atom is -0.360 e. The molecule has 1 fully saturated rings. The van der Waals surface area contributed by atoms with Crippen molar-refractivity contribution in [3.63, 3.8) is 0 Å². The lowest BCUT2D eigenvalue weighted by atomic mass is 10.2. The van der Waals surface area contributed by atoms with Gasteiger partial charge < -0.3 is 9.84 Å². The van der Waals surface area contributed by atoms with Gasteiger partial charge in [-0.05, 0) is 43.9 Å². The van der Waals surface area contributed by atoms with Gasteiger partial charge in [0.1, 0.15) is 11.8 Å². The molecule has 0 aliphatic carbocycles. The topological polar surface area (TPSA) is 92.5 Å². The number of anilines is 1. The molecule has 1 saturated heterocycles. The first-order valence-electron chi connectivity index (χ1n) is 8.27. The van der Waals surface area contributed by atoms with Crippen molar-refractivity contribution in [3.8, 4) is 0 Å². The maximum absolute atomic E-state index is 12.9. The van der Waals surface area contributed by atoms with Crippen molar-refractivity contribution >= 4 is 21.7 Å². The highest BCUT2D eigenvalue weighted by molar-refractivity contribution is 7.89. The van der Waals surface area contributed by atoms with Crippen LogP contribution in [0, 0.1) is 6.92 Å². The van der Waals surface area contributed by atoms with E-state index in [0.29, 0.717) is 31.0 Å². The molecule has 1 atom stereocenters. The SMILES string of the molecule is CCc1ccc(S(=O)(=O)N2CCC[C@H]2C(=O)Nc2cc(C)on2)cc1. The molecule has 8 heteroatoms. The van der Waals surface area contributed by atoms with E-state index in [2.05, 4.69) is 10.5 Å². The standard InChI is InChI=1S/C17H21N3O4S/c1-3-13-6-8-14(9-7-13)25(22,23)20-10-4-5-15(20)17(21)18-16-11-12(2)24-19-16/h6-9,11,15H,3-5,10H2,1-2H3,(H,18,19,21)/t15-/m0/s1. The van der Waals surface area contributed by atoms with Crippen molar-refractivity contribution in [2.45, 2.75) is 44.0 Å². The Hall–Kier alpha value is -2.19. The molecule has 1 aromatic heterocycles. The van der Waals surface area contributed by atoms with Crippen LogP contribution in [-0.4, -0.2) is 36.4 Å². The summed E-state index contributed by atoms with van der Waals surface area (Å²) in [5, 5.41) is 6.34. The second kappa shape index (κ2) is 6.97. The molecule has 2 aromatic rings. The molecule has 0 saturated carbocycles. The summed E-state index contributed by atoms with van der Waals surface area (Å²) in [5.41, 5.74) is 1.07. The van der Waals surface area contributed by atoms with Crippen LogP contribution in [0.1, 0.15) is 31.1 Å². The van der Waals surface area contributed by atoms with Crippen LogP contribution >= 0.6 is 0 Å². The van der Waals surface area contributed by atoms with E-state index in [1.807, 2.05) is 6.92 Å². The summed E-state index contributed by atoms with van der Waals surface area (Å²) in [6.45, 7) is 4.05. The molecule has 25 heavy (non-hydrogen) atoms. The minimum absolute atomic E-state index is 0.210. The Labute approximate surface area is 147 Å². The summed E-state index contributed by atoms with van der Waals surface area (Å²) < 4.78 is 32.0.